The fraction of sp³-hybridized carbons (Fsp3) is 0.625. The van der Waals surface area contributed by atoms with Crippen molar-refractivity contribution in [2.45, 2.75) is 44.4 Å². The standard InChI is InChI=1S/C16H25NO2S/c1-4-11(2)10-20(18)15-8-5-12-9-13(19-3)6-7-14(12)16(15)17/h6-7,9,11,15-16H,4-5,8,10,17H2,1-3H3. The number of hydrogen-bond donors (Lipinski definition) is 1. The highest BCUT2D eigenvalue weighted by molar-refractivity contribution is 7.85. The first-order valence-electron chi connectivity index (χ1n) is 7.36. The van der Waals surface area contributed by atoms with Crippen LogP contribution in [0.4, 0.5) is 0 Å². The molecule has 0 spiro atoms. The summed E-state index contributed by atoms with van der Waals surface area (Å²) in [5.74, 6) is 2.14. The van der Waals surface area contributed by atoms with E-state index in [9.17, 15) is 4.21 Å². The third kappa shape index (κ3) is 3.23. The quantitative estimate of drug-likeness (QED) is 0.909. The van der Waals surface area contributed by atoms with Gasteiger partial charge in [0.2, 0.25) is 0 Å². The van der Waals surface area contributed by atoms with E-state index in [-0.39, 0.29) is 11.3 Å². The van der Waals surface area contributed by atoms with E-state index in [1.165, 1.54) is 5.56 Å². The molecule has 4 atom stereocenters. The van der Waals surface area contributed by atoms with Crippen molar-refractivity contribution >= 4 is 10.8 Å². The molecule has 0 saturated carbocycles. The van der Waals surface area contributed by atoms with E-state index in [0.29, 0.717) is 5.92 Å². The highest BCUT2D eigenvalue weighted by Crippen LogP contribution is 2.33. The lowest BCUT2D eigenvalue weighted by atomic mass is 9.87. The van der Waals surface area contributed by atoms with Gasteiger partial charge in [0.1, 0.15) is 5.75 Å². The lowest BCUT2D eigenvalue weighted by Crippen LogP contribution is -2.36. The van der Waals surface area contributed by atoms with Crippen LogP contribution in [0.1, 0.15) is 43.9 Å². The molecule has 112 valence electrons. The summed E-state index contributed by atoms with van der Waals surface area (Å²) < 4.78 is 17.8. The number of rotatable bonds is 5. The first kappa shape index (κ1) is 15.5. The normalized spacial score (nSPS) is 24.8. The van der Waals surface area contributed by atoms with Gasteiger partial charge >= 0.3 is 0 Å². The first-order valence-corrected chi connectivity index (χ1v) is 8.74. The second-order valence-corrected chi connectivity index (χ2v) is 7.43. The van der Waals surface area contributed by atoms with Gasteiger partial charge in [-0.1, -0.05) is 26.3 Å². The molecule has 0 bridgehead atoms. The van der Waals surface area contributed by atoms with Crippen LogP contribution < -0.4 is 10.5 Å². The molecule has 0 aromatic heterocycles. The van der Waals surface area contributed by atoms with Gasteiger partial charge < -0.3 is 10.5 Å². The zero-order chi connectivity index (χ0) is 14.7. The van der Waals surface area contributed by atoms with Gasteiger partial charge in [-0.2, -0.15) is 0 Å². The molecular weight excluding hydrogens is 270 g/mol. The number of aryl methyl sites for hydroxylation is 1. The molecule has 20 heavy (non-hydrogen) atoms. The molecule has 0 radical (unpaired) electrons. The number of nitrogens with two attached hydrogens (primary N) is 1. The summed E-state index contributed by atoms with van der Waals surface area (Å²) in [4.78, 5) is 0. The van der Waals surface area contributed by atoms with Crippen LogP contribution in [0.5, 0.6) is 5.75 Å². The second kappa shape index (κ2) is 6.72. The Morgan fingerprint density at radius 1 is 1.50 bits per heavy atom. The van der Waals surface area contributed by atoms with E-state index in [1.807, 2.05) is 12.1 Å². The molecule has 4 heteroatoms. The van der Waals surface area contributed by atoms with Crippen molar-refractivity contribution in [2.75, 3.05) is 12.9 Å². The predicted molar refractivity (Wildman–Crippen MR) is 84.5 cm³/mol. The summed E-state index contributed by atoms with van der Waals surface area (Å²) in [7, 11) is 0.838. The molecule has 4 unspecified atom stereocenters. The summed E-state index contributed by atoms with van der Waals surface area (Å²) in [6, 6.07) is 5.92. The molecule has 0 aliphatic heterocycles. The minimum atomic E-state index is -0.837. The van der Waals surface area contributed by atoms with E-state index in [2.05, 4.69) is 19.9 Å². The highest BCUT2D eigenvalue weighted by atomic mass is 32.2. The van der Waals surface area contributed by atoms with Crippen molar-refractivity contribution in [1.29, 1.82) is 0 Å². The van der Waals surface area contributed by atoms with Gasteiger partial charge in [0.05, 0.1) is 12.4 Å². The summed E-state index contributed by atoms with van der Waals surface area (Å²) in [6.07, 6.45) is 2.92. The van der Waals surface area contributed by atoms with E-state index in [0.717, 1.165) is 36.3 Å². The maximum absolute atomic E-state index is 12.5. The van der Waals surface area contributed by atoms with Gasteiger partial charge in [0, 0.05) is 22.6 Å². The van der Waals surface area contributed by atoms with Crippen LogP contribution in [0.3, 0.4) is 0 Å². The van der Waals surface area contributed by atoms with E-state index in [1.54, 1.807) is 7.11 Å². The summed E-state index contributed by atoms with van der Waals surface area (Å²) in [6.45, 7) is 4.30. The van der Waals surface area contributed by atoms with Crippen molar-refractivity contribution in [3.05, 3.63) is 29.3 Å². The molecule has 0 saturated heterocycles. The molecule has 1 aromatic rings. The van der Waals surface area contributed by atoms with Crippen molar-refractivity contribution in [3.63, 3.8) is 0 Å². The first-order chi connectivity index (χ1) is 9.56. The Balaban J connectivity index is 2.15. The average Bonchev–Trinajstić information content (AvgIpc) is 2.46. The van der Waals surface area contributed by atoms with Crippen LogP contribution in [0.25, 0.3) is 0 Å². The minimum Gasteiger partial charge on any atom is -0.497 e. The Morgan fingerprint density at radius 2 is 2.25 bits per heavy atom. The number of ether oxygens (including phenoxy) is 1. The molecule has 0 amide bonds. The van der Waals surface area contributed by atoms with E-state index >= 15 is 0 Å². The Labute approximate surface area is 124 Å². The van der Waals surface area contributed by atoms with Crippen molar-refractivity contribution < 1.29 is 8.95 Å². The lowest BCUT2D eigenvalue weighted by molar-refractivity contribution is 0.413. The Morgan fingerprint density at radius 3 is 2.90 bits per heavy atom. The SMILES string of the molecule is CCC(C)CS(=O)C1CCc2cc(OC)ccc2C1N. The van der Waals surface area contributed by atoms with Crippen molar-refractivity contribution in [1.82, 2.24) is 0 Å². The lowest BCUT2D eigenvalue weighted by Gasteiger charge is -2.31. The topological polar surface area (TPSA) is 52.3 Å². The number of hydrogen-bond acceptors (Lipinski definition) is 3. The van der Waals surface area contributed by atoms with Crippen LogP contribution >= 0.6 is 0 Å². The molecule has 2 rings (SSSR count). The van der Waals surface area contributed by atoms with Gasteiger partial charge in [-0.3, -0.25) is 4.21 Å². The molecule has 2 N–H and O–H groups in total. The number of methoxy groups -OCH3 is 1. The molecule has 1 aliphatic carbocycles. The molecule has 0 heterocycles. The fourth-order valence-corrected chi connectivity index (χ4v) is 4.64. The van der Waals surface area contributed by atoms with Crippen LogP contribution in [0.15, 0.2) is 18.2 Å². The molecule has 3 nitrogen and oxygen atoms in total. The molecular formula is C16H25NO2S. The van der Waals surface area contributed by atoms with Crippen molar-refractivity contribution in [3.8, 4) is 5.75 Å². The summed E-state index contributed by atoms with van der Waals surface area (Å²) >= 11 is 0. The van der Waals surface area contributed by atoms with Crippen LogP contribution in [-0.4, -0.2) is 22.3 Å². The van der Waals surface area contributed by atoms with E-state index in [4.69, 9.17) is 10.5 Å². The largest absolute Gasteiger partial charge is 0.497 e. The van der Waals surface area contributed by atoms with Gasteiger partial charge in [-0.15, -0.1) is 0 Å². The minimum absolute atomic E-state index is 0.0879. The fourth-order valence-electron chi connectivity index (χ4n) is 2.75. The zero-order valence-corrected chi connectivity index (χ0v) is 13.4. The molecule has 1 aromatic carbocycles. The predicted octanol–water partition coefficient (Wildman–Crippen LogP) is 2.80. The van der Waals surface area contributed by atoms with Gasteiger partial charge in [-0.25, -0.2) is 0 Å². The summed E-state index contributed by atoms with van der Waals surface area (Å²) in [5, 5.41) is 0.0879. The number of fused-ring (bicyclic) bond motifs is 1. The molecule has 1 aliphatic rings. The maximum atomic E-state index is 12.5. The molecule has 0 fully saturated rings. The van der Waals surface area contributed by atoms with Crippen LogP contribution in [0.2, 0.25) is 0 Å². The van der Waals surface area contributed by atoms with Crippen LogP contribution in [-0.2, 0) is 17.2 Å². The van der Waals surface area contributed by atoms with E-state index < -0.39 is 10.8 Å². The third-order valence-corrected chi connectivity index (χ3v) is 6.39. The second-order valence-electron chi connectivity index (χ2n) is 5.73. The van der Waals surface area contributed by atoms with Gasteiger partial charge in [0.15, 0.2) is 0 Å². The monoisotopic (exact) mass is 295 g/mol. The van der Waals surface area contributed by atoms with Gasteiger partial charge in [-0.05, 0) is 42.0 Å². The zero-order valence-electron chi connectivity index (χ0n) is 12.6. The Hall–Kier alpha value is -0.870. The number of benzene rings is 1. The highest BCUT2D eigenvalue weighted by Gasteiger charge is 2.31. The average molecular weight is 295 g/mol. The van der Waals surface area contributed by atoms with Crippen LogP contribution in [0, 0.1) is 5.92 Å². The van der Waals surface area contributed by atoms with Crippen molar-refractivity contribution in [2.24, 2.45) is 11.7 Å². The van der Waals surface area contributed by atoms with Gasteiger partial charge in [0.25, 0.3) is 0 Å². The third-order valence-electron chi connectivity index (χ3n) is 4.29. The summed E-state index contributed by atoms with van der Waals surface area (Å²) in [5.41, 5.74) is 8.75. The Kier molecular flexibility index (Phi) is 5.22. The maximum Gasteiger partial charge on any atom is 0.119 e. The Bertz CT molecular complexity index is 489. The smallest absolute Gasteiger partial charge is 0.119 e.